The van der Waals surface area contributed by atoms with Crippen LogP contribution in [0.5, 0.6) is 5.75 Å². The predicted molar refractivity (Wildman–Crippen MR) is 160 cm³/mol. The first kappa shape index (κ1) is 27.7. The number of para-hydroxylation sites is 1. The number of nitrogens with one attached hydrogen (secondary N) is 2. The Labute approximate surface area is 227 Å². The fourth-order valence-corrected chi connectivity index (χ4v) is 4.87. The molecule has 0 bridgehead atoms. The third-order valence-corrected chi connectivity index (χ3v) is 6.65. The van der Waals surface area contributed by atoms with E-state index in [4.69, 9.17) is 14.5 Å². The van der Waals surface area contributed by atoms with Crippen molar-refractivity contribution >= 4 is 39.1 Å². The lowest BCUT2D eigenvalue weighted by Gasteiger charge is -2.27. The number of aromatic amines is 1. The van der Waals surface area contributed by atoms with Gasteiger partial charge in [0.25, 0.3) is 0 Å². The number of hydrogen-bond donors (Lipinski definition) is 2. The van der Waals surface area contributed by atoms with Crippen LogP contribution in [0.25, 0.3) is 21.8 Å². The molecule has 204 valence electrons. The normalized spacial score (nSPS) is 13.8. The number of aromatic nitrogens is 2. The maximum atomic E-state index is 6.26. The highest BCUT2D eigenvalue weighted by atomic mass is 16.5. The molecule has 0 unspecified atom stereocenters. The third kappa shape index (κ3) is 6.97. The van der Waals surface area contributed by atoms with Gasteiger partial charge in [-0.25, -0.2) is 4.98 Å². The van der Waals surface area contributed by atoms with Crippen molar-refractivity contribution in [2.45, 2.75) is 40.5 Å². The summed E-state index contributed by atoms with van der Waals surface area (Å²) >= 11 is 0. The van der Waals surface area contributed by atoms with Crippen molar-refractivity contribution in [1.82, 2.24) is 14.9 Å². The number of nitrogens with zero attached hydrogens (tertiary/aromatic N) is 3. The molecule has 2 aromatic heterocycles. The van der Waals surface area contributed by atoms with Crippen LogP contribution < -0.4 is 15.0 Å². The monoisotopic (exact) mass is 517 g/mol. The SMILES string of the molecule is CC.CCCN(CCC)c1cc(OCCN2CCOCC2)cc(Nc2ccc3[nH]c4ccccc4c3c2)n1. The molecule has 2 aromatic carbocycles. The fraction of sp³-hybridized carbons (Fsp3) is 0.452. The molecule has 1 aliphatic rings. The molecule has 0 spiro atoms. The molecule has 1 fully saturated rings. The van der Waals surface area contributed by atoms with Crippen molar-refractivity contribution in [1.29, 1.82) is 0 Å². The Morgan fingerprint density at radius 2 is 1.68 bits per heavy atom. The molecule has 0 aliphatic carbocycles. The van der Waals surface area contributed by atoms with Crippen LogP contribution in [0.4, 0.5) is 17.3 Å². The highest BCUT2D eigenvalue weighted by Gasteiger charge is 2.14. The summed E-state index contributed by atoms with van der Waals surface area (Å²) in [5, 5.41) is 5.98. The Kier molecular flexibility index (Phi) is 10.2. The molecular formula is C31H43N5O2. The van der Waals surface area contributed by atoms with Gasteiger partial charge in [0.15, 0.2) is 0 Å². The number of H-pyrrole nitrogens is 1. The summed E-state index contributed by atoms with van der Waals surface area (Å²) in [4.78, 5) is 13.2. The Hall–Kier alpha value is -3.29. The first-order chi connectivity index (χ1) is 18.7. The second kappa shape index (κ2) is 14.0. The van der Waals surface area contributed by atoms with E-state index in [1.54, 1.807) is 0 Å². The van der Waals surface area contributed by atoms with Gasteiger partial charge in [-0.3, -0.25) is 4.90 Å². The number of rotatable bonds is 11. The van der Waals surface area contributed by atoms with Gasteiger partial charge in [-0.15, -0.1) is 0 Å². The Bertz CT molecular complexity index is 1280. The van der Waals surface area contributed by atoms with Crippen LogP contribution in [0.15, 0.2) is 54.6 Å². The van der Waals surface area contributed by atoms with E-state index in [-0.39, 0.29) is 0 Å². The molecule has 0 radical (unpaired) electrons. The van der Waals surface area contributed by atoms with Crippen molar-refractivity contribution in [2.75, 3.05) is 62.8 Å². The molecule has 5 rings (SSSR count). The molecule has 0 atom stereocenters. The standard InChI is InChI=1S/C29H37N5O2.C2H6/c1-3-11-34(12-4-2)29-21-23(36-18-15-33-13-16-35-17-14-33)20-28(32-29)30-22-9-10-27-25(19-22)24-7-5-6-8-26(24)31-27;1-2/h5-10,19-21,31H,3-4,11-18H2,1-2H3,(H,30,32);1-2H3. The van der Waals surface area contributed by atoms with E-state index in [2.05, 4.69) is 82.5 Å². The summed E-state index contributed by atoms with van der Waals surface area (Å²) in [6.07, 6.45) is 2.15. The van der Waals surface area contributed by atoms with Crippen LogP contribution >= 0.6 is 0 Å². The molecule has 7 heteroatoms. The van der Waals surface area contributed by atoms with Crippen LogP contribution in [-0.4, -0.2) is 67.4 Å². The van der Waals surface area contributed by atoms with Crippen LogP contribution in [0.3, 0.4) is 0 Å². The maximum absolute atomic E-state index is 6.26. The summed E-state index contributed by atoms with van der Waals surface area (Å²) in [5.74, 6) is 2.60. The topological polar surface area (TPSA) is 65.7 Å². The van der Waals surface area contributed by atoms with E-state index in [0.29, 0.717) is 6.61 Å². The maximum Gasteiger partial charge on any atom is 0.136 e. The largest absolute Gasteiger partial charge is 0.492 e. The second-order valence-corrected chi connectivity index (χ2v) is 9.39. The van der Waals surface area contributed by atoms with Crippen LogP contribution in [0, 0.1) is 0 Å². The van der Waals surface area contributed by atoms with Crippen molar-refractivity contribution in [2.24, 2.45) is 0 Å². The zero-order valence-corrected chi connectivity index (χ0v) is 23.4. The van der Waals surface area contributed by atoms with E-state index >= 15 is 0 Å². The van der Waals surface area contributed by atoms with Crippen molar-refractivity contribution < 1.29 is 9.47 Å². The van der Waals surface area contributed by atoms with E-state index in [0.717, 1.165) is 92.9 Å². The summed E-state index contributed by atoms with van der Waals surface area (Å²) in [6, 6.07) is 18.9. The molecule has 0 saturated carbocycles. The van der Waals surface area contributed by atoms with Gasteiger partial charge in [0, 0.05) is 72.3 Å². The third-order valence-electron chi connectivity index (χ3n) is 6.65. The van der Waals surface area contributed by atoms with Crippen molar-refractivity contribution in [3.05, 3.63) is 54.6 Å². The van der Waals surface area contributed by atoms with Crippen molar-refractivity contribution in [3.8, 4) is 5.75 Å². The molecule has 7 nitrogen and oxygen atoms in total. The molecule has 2 N–H and O–H groups in total. The molecule has 1 saturated heterocycles. The van der Waals surface area contributed by atoms with Gasteiger partial charge in [0.2, 0.25) is 0 Å². The predicted octanol–water partition coefficient (Wildman–Crippen LogP) is 6.82. The molecule has 0 amide bonds. The van der Waals surface area contributed by atoms with Gasteiger partial charge in [-0.1, -0.05) is 45.9 Å². The molecule has 4 aromatic rings. The number of fused-ring (bicyclic) bond motifs is 3. The lowest BCUT2D eigenvalue weighted by molar-refractivity contribution is 0.0322. The number of ether oxygens (including phenoxy) is 2. The van der Waals surface area contributed by atoms with E-state index in [1.165, 1.54) is 10.8 Å². The minimum atomic E-state index is 0.645. The van der Waals surface area contributed by atoms with Gasteiger partial charge in [-0.05, 0) is 37.1 Å². The fourth-order valence-electron chi connectivity index (χ4n) is 4.87. The Morgan fingerprint density at radius 1 is 0.947 bits per heavy atom. The van der Waals surface area contributed by atoms with Crippen LogP contribution in [-0.2, 0) is 4.74 Å². The molecular weight excluding hydrogens is 474 g/mol. The summed E-state index contributed by atoms with van der Waals surface area (Å²) in [5.41, 5.74) is 3.29. The zero-order chi connectivity index (χ0) is 26.7. The smallest absolute Gasteiger partial charge is 0.136 e. The highest BCUT2D eigenvalue weighted by Crippen LogP contribution is 2.30. The van der Waals surface area contributed by atoms with Gasteiger partial charge in [-0.2, -0.15) is 0 Å². The zero-order valence-electron chi connectivity index (χ0n) is 23.4. The van der Waals surface area contributed by atoms with Crippen molar-refractivity contribution in [3.63, 3.8) is 0 Å². The Morgan fingerprint density at radius 3 is 2.45 bits per heavy atom. The first-order valence-corrected chi connectivity index (χ1v) is 14.2. The minimum Gasteiger partial charge on any atom is -0.492 e. The Balaban J connectivity index is 0.00000164. The summed E-state index contributed by atoms with van der Waals surface area (Å²) < 4.78 is 11.7. The average molecular weight is 518 g/mol. The minimum absolute atomic E-state index is 0.645. The average Bonchev–Trinajstić information content (AvgIpc) is 3.32. The number of anilines is 3. The highest BCUT2D eigenvalue weighted by molar-refractivity contribution is 6.08. The molecule has 3 heterocycles. The van der Waals surface area contributed by atoms with Crippen LogP contribution in [0.2, 0.25) is 0 Å². The quantitative estimate of drug-likeness (QED) is 0.227. The number of hydrogen-bond acceptors (Lipinski definition) is 6. The number of morpholine rings is 1. The van der Waals surface area contributed by atoms with Gasteiger partial charge in [0.1, 0.15) is 24.0 Å². The van der Waals surface area contributed by atoms with Gasteiger partial charge >= 0.3 is 0 Å². The molecule has 38 heavy (non-hydrogen) atoms. The van der Waals surface area contributed by atoms with Gasteiger partial charge in [0.05, 0.1) is 13.2 Å². The van der Waals surface area contributed by atoms with Gasteiger partial charge < -0.3 is 24.7 Å². The summed E-state index contributed by atoms with van der Waals surface area (Å²) in [6.45, 7) is 15.4. The lowest BCUT2D eigenvalue weighted by atomic mass is 10.1. The number of benzene rings is 2. The number of pyridine rings is 1. The lowest BCUT2D eigenvalue weighted by Crippen LogP contribution is -2.38. The van der Waals surface area contributed by atoms with E-state index in [1.807, 2.05) is 19.9 Å². The van der Waals surface area contributed by atoms with Crippen LogP contribution in [0.1, 0.15) is 40.5 Å². The molecule has 1 aliphatic heterocycles. The van der Waals surface area contributed by atoms with E-state index in [9.17, 15) is 0 Å². The first-order valence-electron chi connectivity index (χ1n) is 14.2. The van der Waals surface area contributed by atoms with E-state index < -0.39 is 0 Å². The second-order valence-electron chi connectivity index (χ2n) is 9.39. The summed E-state index contributed by atoms with van der Waals surface area (Å²) in [7, 11) is 0.